The molecule has 2 aromatic rings. The first kappa shape index (κ1) is 18.8. The molecule has 2 heterocycles. The van der Waals surface area contributed by atoms with E-state index in [4.69, 9.17) is 4.74 Å². The number of urea groups is 1. The van der Waals surface area contributed by atoms with E-state index in [1.54, 1.807) is 47.3 Å². The highest BCUT2D eigenvalue weighted by Gasteiger charge is 2.19. The van der Waals surface area contributed by atoms with Crippen LogP contribution in [0.5, 0.6) is 0 Å². The van der Waals surface area contributed by atoms with E-state index in [1.165, 1.54) is 0 Å². The molecule has 3 amide bonds. The Morgan fingerprint density at radius 1 is 1.22 bits per heavy atom. The lowest BCUT2D eigenvalue weighted by atomic mass is 10.1. The number of aromatic nitrogens is 1. The predicted octanol–water partition coefficient (Wildman–Crippen LogP) is 2.53. The van der Waals surface area contributed by atoms with Gasteiger partial charge < -0.3 is 19.9 Å². The third-order valence-electron chi connectivity index (χ3n) is 4.38. The van der Waals surface area contributed by atoms with E-state index in [-0.39, 0.29) is 11.9 Å². The monoisotopic (exact) mass is 368 g/mol. The van der Waals surface area contributed by atoms with Crippen molar-refractivity contribution in [3.8, 4) is 0 Å². The van der Waals surface area contributed by atoms with Crippen LogP contribution >= 0.6 is 0 Å². The van der Waals surface area contributed by atoms with Gasteiger partial charge in [-0.05, 0) is 36.8 Å². The summed E-state index contributed by atoms with van der Waals surface area (Å²) < 4.78 is 5.28. The average Bonchev–Trinajstić information content (AvgIpc) is 2.70. The molecule has 7 heteroatoms. The zero-order chi connectivity index (χ0) is 19.2. The maximum Gasteiger partial charge on any atom is 0.321 e. The number of amides is 3. The van der Waals surface area contributed by atoms with E-state index in [9.17, 15) is 9.59 Å². The summed E-state index contributed by atoms with van der Waals surface area (Å²) in [7, 11) is 1.71. The van der Waals surface area contributed by atoms with Crippen molar-refractivity contribution in [3.63, 3.8) is 0 Å². The van der Waals surface area contributed by atoms with Gasteiger partial charge in [-0.2, -0.15) is 0 Å². The molecule has 1 fully saturated rings. The van der Waals surface area contributed by atoms with Crippen LogP contribution in [-0.2, 0) is 11.3 Å². The number of pyridine rings is 1. The van der Waals surface area contributed by atoms with Crippen LogP contribution in [0.25, 0.3) is 0 Å². The normalized spacial score (nSPS) is 13.9. The Kier molecular flexibility index (Phi) is 6.03. The molecular formula is C20H24N4O3. The number of nitrogens with one attached hydrogen (secondary N) is 1. The molecule has 0 bridgehead atoms. The zero-order valence-electron chi connectivity index (χ0n) is 15.6. The van der Waals surface area contributed by atoms with Gasteiger partial charge in [0.05, 0.1) is 25.5 Å². The first-order valence-electron chi connectivity index (χ1n) is 8.93. The minimum absolute atomic E-state index is 0.0494. The lowest BCUT2D eigenvalue weighted by molar-refractivity contribution is 0.0303. The van der Waals surface area contributed by atoms with Gasteiger partial charge in [0.1, 0.15) is 0 Å². The Morgan fingerprint density at radius 2 is 2.00 bits per heavy atom. The van der Waals surface area contributed by atoms with Gasteiger partial charge in [0.25, 0.3) is 5.91 Å². The Hall–Kier alpha value is -2.93. The number of carbonyl (C=O) groups is 2. The quantitative estimate of drug-likeness (QED) is 0.900. The third kappa shape index (κ3) is 5.04. The summed E-state index contributed by atoms with van der Waals surface area (Å²) in [6.07, 6.45) is 1.78. The number of hydrogen-bond acceptors (Lipinski definition) is 4. The first-order valence-corrected chi connectivity index (χ1v) is 8.93. The molecule has 3 rings (SSSR count). The molecule has 0 radical (unpaired) electrons. The molecule has 0 unspecified atom stereocenters. The van der Waals surface area contributed by atoms with Crippen LogP contribution in [0.4, 0.5) is 10.5 Å². The van der Waals surface area contributed by atoms with Crippen molar-refractivity contribution in [3.05, 3.63) is 59.4 Å². The zero-order valence-corrected chi connectivity index (χ0v) is 15.6. The number of ether oxygens (including phenoxy) is 1. The van der Waals surface area contributed by atoms with Crippen molar-refractivity contribution in [2.75, 3.05) is 38.7 Å². The van der Waals surface area contributed by atoms with Gasteiger partial charge in [-0.25, -0.2) is 4.79 Å². The summed E-state index contributed by atoms with van der Waals surface area (Å²) in [5.41, 5.74) is 3.03. The molecular weight excluding hydrogens is 344 g/mol. The average molecular weight is 368 g/mol. The predicted molar refractivity (Wildman–Crippen MR) is 103 cm³/mol. The number of rotatable bonds is 4. The molecule has 0 saturated carbocycles. The number of aryl methyl sites for hydroxylation is 1. The van der Waals surface area contributed by atoms with Gasteiger partial charge in [-0.15, -0.1) is 0 Å². The van der Waals surface area contributed by atoms with Crippen LogP contribution in [0.15, 0.2) is 42.6 Å². The Balaban J connectivity index is 1.61. The molecule has 1 aliphatic heterocycles. The Labute approximate surface area is 158 Å². The fourth-order valence-corrected chi connectivity index (χ4v) is 2.80. The lowest BCUT2D eigenvalue weighted by Crippen LogP contribution is -2.40. The molecule has 1 N–H and O–H groups in total. The van der Waals surface area contributed by atoms with Crippen LogP contribution in [0, 0.1) is 6.92 Å². The van der Waals surface area contributed by atoms with Crippen LogP contribution in [0.1, 0.15) is 21.6 Å². The van der Waals surface area contributed by atoms with E-state index >= 15 is 0 Å². The molecule has 1 aromatic carbocycles. The van der Waals surface area contributed by atoms with E-state index in [0.717, 1.165) is 11.3 Å². The molecule has 1 aliphatic rings. The van der Waals surface area contributed by atoms with E-state index in [2.05, 4.69) is 10.3 Å². The van der Waals surface area contributed by atoms with E-state index < -0.39 is 0 Å². The summed E-state index contributed by atoms with van der Waals surface area (Å²) in [6, 6.07) is 10.6. The van der Waals surface area contributed by atoms with Gasteiger partial charge >= 0.3 is 6.03 Å². The van der Waals surface area contributed by atoms with E-state index in [1.807, 2.05) is 19.1 Å². The summed E-state index contributed by atoms with van der Waals surface area (Å²) in [5, 5.41) is 2.84. The molecule has 1 saturated heterocycles. The van der Waals surface area contributed by atoms with Gasteiger partial charge in [0.2, 0.25) is 0 Å². The highest BCUT2D eigenvalue weighted by molar-refractivity contribution is 5.97. The van der Waals surface area contributed by atoms with E-state index in [0.29, 0.717) is 44.1 Å². The van der Waals surface area contributed by atoms with Gasteiger partial charge in [0.15, 0.2) is 0 Å². The standard InChI is InChI=1S/C20H24N4O3/c1-15-6-7-18(21-13-15)14-23(2)20(26)22-17-5-3-4-16(12-17)19(25)24-8-10-27-11-9-24/h3-7,12-13H,8-11,14H2,1-2H3,(H,22,26). The van der Waals surface area contributed by atoms with Crippen molar-refractivity contribution in [2.45, 2.75) is 13.5 Å². The largest absolute Gasteiger partial charge is 0.378 e. The number of anilines is 1. The summed E-state index contributed by atoms with van der Waals surface area (Å²) in [6.45, 7) is 4.65. The lowest BCUT2D eigenvalue weighted by Gasteiger charge is -2.27. The fourth-order valence-electron chi connectivity index (χ4n) is 2.80. The molecule has 7 nitrogen and oxygen atoms in total. The van der Waals surface area contributed by atoms with Crippen LogP contribution < -0.4 is 5.32 Å². The number of morpholine rings is 1. The first-order chi connectivity index (χ1) is 13.0. The van der Waals surface area contributed by atoms with Crippen molar-refractivity contribution in [1.29, 1.82) is 0 Å². The Bertz CT molecular complexity index is 801. The molecule has 0 aliphatic carbocycles. The number of hydrogen-bond donors (Lipinski definition) is 1. The molecule has 0 atom stereocenters. The minimum atomic E-state index is -0.256. The minimum Gasteiger partial charge on any atom is -0.378 e. The van der Waals surface area contributed by atoms with Crippen molar-refractivity contribution in [2.24, 2.45) is 0 Å². The summed E-state index contributed by atoms with van der Waals surface area (Å²) >= 11 is 0. The van der Waals surface area contributed by atoms with Crippen LogP contribution in [0.3, 0.4) is 0 Å². The smallest absolute Gasteiger partial charge is 0.321 e. The SMILES string of the molecule is Cc1ccc(CN(C)C(=O)Nc2cccc(C(=O)N3CCOCC3)c2)nc1. The number of nitrogens with zero attached hydrogens (tertiary/aromatic N) is 3. The second-order valence-electron chi connectivity index (χ2n) is 6.60. The Morgan fingerprint density at radius 3 is 2.70 bits per heavy atom. The summed E-state index contributed by atoms with van der Waals surface area (Å²) in [4.78, 5) is 32.6. The van der Waals surface area contributed by atoms with Gasteiger partial charge in [-0.3, -0.25) is 9.78 Å². The summed E-state index contributed by atoms with van der Waals surface area (Å²) in [5.74, 6) is -0.0494. The van der Waals surface area contributed by atoms with Gasteiger partial charge in [0, 0.05) is 37.6 Å². The van der Waals surface area contributed by atoms with Crippen molar-refractivity contribution in [1.82, 2.24) is 14.8 Å². The molecule has 27 heavy (non-hydrogen) atoms. The van der Waals surface area contributed by atoms with Crippen molar-refractivity contribution >= 4 is 17.6 Å². The molecule has 0 spiro atoms. The highest BCUT2D eigenvalue weighted by Crippen LogP contribution is 2.15. The second kappa shape index (κ2) is 8.64. The maximum absolute atomic E-state index is 12.6. The molecule has 1 aromatic heterocycles. The number of benzene rings is 1. The van der Waals surface area contributed by atoms with Crippen molar-refractivity contribution < 1.29 is 14.3 Å². The number of carbonyl (C=O) groups excluding carboxylic acids is 2. The highest BCUT2D eigenvalue weighted by atomic mass is 16.5. The third-order valence-corrected chi connectivity index (χ3v) is 4.38. The second-order valence-corrected chi connectivity index (χ2v) is 6.60. The van der Waals surface area contributed by atoms with Gasteiger partial charge in [-0.1, -0.05) is 12.1 Å². The fraction of sp³-hybridized carbons (Fsp3) is 0.350. The topological polar surface area (TPSA) is 74.8 Å². The van der Waals surface area contributed by atoms with Crippen LogP contribution in [0.2, 0.25) is 0 Å². The maximum atomic E-state index is 12.6. The van der Waals surface area contributed by atoms with Crippen LogP contribution in [-0.4, -0.2) is 60.1 Å². The molecule has 142 valence electrons.